The Morgan fingerprint density at radius 2 is 1.64 bits per heavy atom. The molecule has 0 heterocycles. The summed E-state index contributed by atoms with van der Waals surface area (Å²) in [5.74, 6) is 2.86. The molecule has 0 aliphatic heterocycles. The molecule has 0 aromatic heterocycles. The Kier molecular flexibility index (Phi) is 9.44. The van der Waals surface area contributed by atoms with Gasteiger partial charge in [-0.05, 0) is 110 Å². The van der Waals surface area contributed by atoms with Crippen LogP contribution < -0.4 is 4.72 Å². The van der Waals surface area contributed by atoms with Crippen molar-refractivity contribution in [3.05, 3.63) is 35.9 Å². The van der Waals surface area contributed by atoms with Gasteiger partial charge >= 0.3 is 0 Å². The van der Waals surface area contributed by atoms with Crippen LogP contribution in [0.2, 0.25) is 0 Å². The molecule has 8 heteroatoms. The number of rotatable bonds is 12. The Morgan fingerprint density at radius 1 is 0.952 bits per heavy atom. The van der Waals surface area contributed by atoms with Crippen molar-refractivity contribution < 1.29 is 27.5 Å². The van der Waals surface area contributed by atoms with Crippen LogP contribution in [0, 0.1) is 52.3 Å². The van der Waals surface area contributed by atoms with Gasteiger partial charge in [-0.1, -0.05) is 58.0 Å². The predicted octanol–water partition coefficient (Wildman–Crippen LogP) is 6.12. The lowest BCUT2D eigenvalue weighted by Gasteiger charge is -2.65. The number of benzene rings is 1. The third kappa shape index (κ3) is 5.79. The molecule has 1 aromatic carbocycles. The molecule has 0 saturated heterocycles. The highest BCUT2D eigenvalue weighted by Crippen LogP contribution is 2.70. The third-order valence-electron chi connectivity index (χ3n) is 12.7. The van der Waals surface area contributed by atoms with Gasteiger partial charge in [0, 0.05) is 12.5 Å². The van der Waals surface area contributed by atoms with Crippen LogP contribution in [0.15, 0.2) is 30.3 Å². The second kappa shape index (κ2) is 12.6. The average Bonchev–Trinajstić information content (AvgIpc) is 3.31. The number of ether oxygens (including phenoxy) is 2. The fraction of sp³-hybridized carbons (Fsp3) is 0.765. The second-order valence-corrected chi connectivity index (χ2v) is 16.2. The Labute approximate surface area is 252 Å². The summed E-state index contributed by atoms with van der Waals surface area (Å²) >= 11 is 0. The zero-order valence-electron chi connectivity index (χ0n) is 25.9. The van der Waals surface area contributed by atoms with Crippen LogP contribution >= 0.6 is 0 Å². The molecule has 5 rings (SSSR count). The summed E-state index contributed by atoms with van der Waals surface area (Å²) in [6.45, 7) is 11.2. The van der Waals surface area contributed by atoms with Gasteiger partial charge in [0.1, 0.15) is 12.2 Å². The lowest BCUT2D eigenvalue weighted by molar-refractivity contribution is -0.213. The molecule has 234 valence electrons. The number of carbonyl (C=O) groups is 2. The van der Waals surface area contributed by atoms with Gasteiger partial charge in [-0.3, -0.25) is 9.59 Å². The summed E-state index contributed by atoms with van der Waals surface area (Å²) in [5.41, 5.74) is 1.10. The number of sulfonamides is 1. The molecule has 0 amide bonds. The van der Waals surface area contributed by atoms with Gasteiger partial charge in [0.15, 0.2) is 0 Å². The lowest BCUT2D eigenvalue weighted by Crippen LogP contribution is -2.62. The van der Waals surface area contributed by atoms with Crippen LogP contribution in [-0.2, 0) is 34.8 Å². The van der Waals surface area contributed by atoms with Crippen LogP contribution in [0.1, 0.15) is 91.0 Å². The summed E-state index contributed by atoms with van der Waals surface area (Å²) in [6, 6.07) is 9.33. The third-order valence-corrected chi connectivity index (χ3v) is 14.0. The van der Waals surface area contributed by atoms with Gasteiger partial charge in [-0.25, -0.2) is 13.1 Å². The quantitative estimate of drug-likeness (QED) is 0.290. The number of hydrogen-bond donors (Lipinski definition) is 1. The van der Waals surface area contributed by atoms with Crippen LogP contribution in [0.4, 0.5) is 0 Å². The van der Waals surface area contributed by atoms with Crippen molar-refractivity contribution in [3.8, 4) is 0 Å². The van der Waals surface area contributed by atoms with E-state index in [0.717, 1.165) is 63.4 Å². The molecule has 0 radical (unpaired) electrons. The Hall–Kier alpha value is -1.93. The van der Waals surface area contributed by atoms with Crippen molar-refractivity contribution in [2.75, 3.05) is 6.54 Å². The Bertz CT molecular complexity index is 1190. The highest BCUT2D eigenvalue weighted by atomic mass is 32.2. The first kappa shape index (κ1) is 31.5. The second-order valence-electron chi connectivity index (χ2n) is 14.4. The fourth-order valence-electron chi connectivity index (χ4n) is 10.8. The largest absolute Gasteiger partial charge is 0.465 e. The number of carbonyl (C=O) groups excluding carboxylic acids is 2. The molecule has 11 atom stereocenters. The average molecular weight is 602 g/mol. The van der Waals surface area contributed by atoms with E-state index in [1.54, 1.807) is 0 Å². The summed E-state index contributed by atoms with van der Waals surface area (Å²) in [7, 11) is -3.38. The van der Waals surface area contributed by atoms with E-state index in [9.17, 15) is 18.0 Å². The SMILES string of the molecule is CC[C@H]1[C@@H](OC=O)[C@@H]2[C@H](CC[C@]3(C)[C@@H]([C@H](C)CCNS(=O)(=O)Cc4ccccc4)CC[C@@H]23)[C@@]2(C)CC[C@@H](OC=O)C[C@@H]12. The maximum absolute atomic E-state index is 12.7. The zero-order valence-corrected chi connectivity index (χ0v) is 26.7. The van der Waals surface area contributed by atoms with E-state index in [4.69, 9.17) is 9.47 Å². The highest BCUT2D eigenvalue weighted by Gasteiger charge is 2.66. The van der Waals surface area contributed by atoms with Crippen molar-refractivity contribution in [1.82, 2.24) is 4.72 Å². The van der Waals surface area contributed by atoms with Crippen LogP contribution in [0.5, 0.6) is 0 Å². The van der Waals surface area contributed by atoms with Gasteiger partial charge in [0.25, 0.3) is 12.9 Å². The van der Waals surface area contributed by atoms with Crippen LogP contribution in [-0.4, -0.2) is 40.1 Å². The minimum absolute atomic E-state index is 0.00695. The minimum Gasteiger partial charge on any atom is -0.465 e. The molecular formula is C34H51NO6S. The summed E-state index contributed by atoms with van der Waals surface area (Å²) in [4.78, 5) is 23.1. The topological polar surface area (TPSA) is 98.8 Å². The maximum Gasteiger partial charge on any atom is 0.293 e. The van der Waals surface area contributed by atoms with Crippen molar-refractivity contribution >= 4 is 23.0 Å². The molecule has 0 bridgehead atoms. The normalized spacial score (nSPS) is 40.2. The molecule has 1 N–H and O–H groups in total. The molecule has 4 aliphatic carbocycles. The molecule has 42 heavy (non-hydrogen) atoms. The van der Waals surface area contributed by atoms with Gasteiger partial charge in [0.05, 0.1) is 5.75 Å². The van der Waals surface area contributed by atoms with Crippen molar-refractivity contribution in [1.29, 1.82) is 0 Å². The van der Waals surface area contributed by atoms with E-state index in [0.29, 0.717) is 55.0 Å². The van der Waals surface area contributed by atoms with Crippen LogP contribution in [0.25, 0.3) is 0 Å². The Balaban J connectivity index is 1.30. The zero-order chi connectivity index (χ0) is 30.1. The maximum atomic E-state index is 12.7. The highest BCUT2D eigenvalue weighted by molar-refractivity contribution is 7.88. The van der Waals surface area contributed by atoms with Gasteiger partial charge < -0.3 is 9.47 Å². The van der Waals surface area contributed by atoms with Crippen LogP contribution in [0.3, 0.4) is 0 Å². The fourth-order valence-corrected chi connectivity index (χ4v) is 12.0. The molecule has 7 nitrogen and oxygen atoms in total. The molecule has 0 unspecified atom stereocenters. The number of nitrogens with one attached hydrogen (secondary N) is 1. The van der Waals surface area contributed by atoms with E-state index >= 15 is 0 Å². The summed E-state index contributed by atoms with van der Waals surface area (Å²) in [6.07, 6.45) is 9.01. The minimum atomic E-state index is -3.38. The number of fused-ring (bicyclic) bond motifs is 5. The smallest absolute Gasteiger partial charge is 0.293 e. The van der Waals surface area contributed by atoms with E-state index in [-0.39, 0.29) is 34.7 Å². The van der Waals surface area contributed by atoms with Crippen molar-refractivity contribution in [2.24, 2.45) is 52.3 Å². The van der Waals surface area contributed by atoms with E-state index in [2.05, 4.69) is 32.4 Å². The van der Waals surface area contributed by atoms with Crippen molar-refractivity contribution in [3.63, 3.8) is 0 Å². The van der Waals surface area contributed by atoms with Crippen molar-refractivity contribution in [2.45, 2.75) is 103 Å². The van der Waals surface area contributed by atoms with Gasteiger partial charge in [0.2, 0.25) is 10.0 Å². The monoisotopic (exact) mass is 601 g/mol. The lowest BCUT2D eigenvalue weighted by atomic mass is 9.41. The first-order valence-corrected chi connectivity index (χ1v) is 17.9. The van der Waals surface area contributed by atoms with Gasteiger partial charge in [-0.15, -0.1) is 0 Å². The molecule has 0 spiro atoms. The standard InChI is InChI=1S/C34H51NO6S/c1-5-26-30-19-25(40-21-36)13-16-34(30,4)29-14-17-33(3)27(11-12-28(33)31(29)32(26)41-22-37)23(2)15-18-35-42(38,39)20-24-9-7-6-8-10-24/h6-10,21-23,25-32,35H,5,11-20H2,1-4H3/t23-,25-,26-,27-,28+,29+,30+,31+,32-,33-,34-/m1/s1. The first-order valence-electron chi connectivity index (χ1n) is 16.3. The van der Waals surface area contributed by atoms with E-state index in [1.165, 1.54) is 0 Å². The molecular weight excluding hydrogens is 550 g/mol. The first-order chi connectivity index (χ1) is 20.1. The van der Waals surface area contributed by atoms with E-state index < -0.39 is 10.0 Å². The molecule has 1 aromatic rings. The van der Waals surface area contributed by atoms with Gasteiger partial charge in [-0.2, -0.15) is 0 Å². The summed E-state index contributed by atoms with van der Waals surface area (Å²) in [5, 5.41) is 0. The Morgan fingerprint density at radius 3 is 2.33 bits per heavy atom. The molecule has 4 aliphatic rings. The summed E-state index contributed by atoms with van der Waals surface area (Å²) < 4.78 is 39.9. The van der Waals surface area contributed by atoms with E-state index in [1.807, 2.05) is 30.3 Å². The predicted molar refractivity (Wildman–Crippen MR) is 162 cm³/mol. The molecule has 4 fully saturated rings. The number of hydrogen-bond acceptors (Lipinski definition) is 6. The molecule has 4 saturated carbocycles.